The highest BCUT2D eigenvalue weighted by atomic mass is 16.5. The number of piperidine rings is 1. The molecular weight excluding hydrogens is 406 g/mol. The van der Waals surface area contributed by atoms with E-state index in [0.717, 1.165) is 16.7 Å². The van der Waals surface area contributed by atoms with Crippen molar-refractivity contribution in [3.05, 3.63) is 59.2 Å². The van der Waals surface area contributed by atoms with Crippen molar-refractivity contribution in [3.8, 4) is 11.5 Å². The summed E-state index contributed by atoms with van der Waals surface area (Å²) >= 11 is 0. The van der Waals surface area contributed by atoms with Gasteiger partial charge in [-0.05, 0) is 43.5 Å². The fourth-order valence-electron chi connectivity index (χ4n) is 4.22. The van der Waals surface area contributed by atoms with E-state index in [9.17, 15) is 9.59 Å². The van der Waals surface area contributed by atoms with Gasteiger partial charge in [-0.2, -0.15) is 0 Å². The van der Waals surface area contributed by atoms with Gasteiger partial charge in [0.15, 0.2) is 11.5 Å². The summed E-state index contributed by atoms with van der Waals surface area (Å²) in [6.45, 7) is 5.88. The third kappa shape index (κ3) is 5.72. The van der Waals surface area contributed by atoms with Gasteiger partial charge in [0, 0.05) is 32.1 Å². The van der Waals surface area contributed by atoms with Crippen molar-refractivity contribution in [2.24, 2.45) is 5.92 Å². The van der Waals surface area contributed by atoms with Crippen molar-refractivity contribution in [2.45, 2.75) is 32.7 Å². The summed E-state index contributed by atoms with van der Waals surface area (Å²) in [6, 6.07) is 13.7. The molecule has 2 atom stereocenters. The minimum atomic E-state index is -0.297. The van der Waals surface area contributed by atoms with Crippen LogP contribution < -0.4 is 20.1 Å². The van der Waals surface area contributed by atoms with Crippen molar-refractivity contribution in [3.63, 3.8) is 0 Å². The average molecular weight is 440 g/mol. The second-order valence-corrected chi connectivity index (χ2v) is 8.19. The Hall–Kier alpha value is -3.22. The minimum Gasteiger partial charge on any atom is -0.493 e. The lowest BCUT2D eigenvalue weighted by molar-refractivity contribution is -0.126. The van der Waals surface area contributed by atoms with Crippen LogP contribution in [0.1, 0.15) is 36.0 Å². The molecule has 1 fully saturated rings. The molecular formula is C25H33N3O4. The topological polar surface area (TPSA) is 79.9 Å². The first-order valence-electron chi connectivity index (χ1n) is 11.0. The summed E-state index contributed by atoms with van der Waals surface area (Å²) in [5.74, 6) is 0.974. The lowest BCUT2D eigenvalue weighted by atomic mass is 9.84. The van der Waals surface area contributed by atoms with Crippen LogP contribution in [-0.2, 0) is 11.3 Å². The molecule has 1 heterocycles. The number of nitrogens with one attached hydrogen (secondary N) is 2. The van der Waals surface area contributed by atoms with Gasteiger partial charge in [-0.25, -0.2) is 4.79 Å². The van der Waals surface area contributed by atoms with Crippen LogP contribution in [0.15, 0.2) is 42.5 Å². The van der Waals surface area contributed by atoms with Gasteiger partial charge in [0.25, 0.3) is 0 Å². The molecule has 3 amide bonds. The number of amides is 3. The number of nitrogens with zero attached hydrogens (tertiary/aromatic N) is 1. The maximum atomic E-state index is 13.1. The van der Waals surface area contributed by atoms with Gasteiger partial charge < -0.3 is 25.0 Å². The molecule has 0 aromatic heterocycles. The van der Waals surface area contributed by atoms with Crippen molar-refractivity contribution < 1.29 is 19.1 Å². The molecule has 1 saturated heterocycles. The molecule has 32 heavy (non-hydrogen) atoms. The highest BCUT2D eigenvalue weighted by Crippen LogP contribution is 2.35. The first kappa shape index (κ1) is 23.4. The molecule has 2 N–H and O–H groups in total. The molecule has 1 aliphatic rings. The molecule has 0 bridgehead atoms. The number of carbonyl (C=O) groups excluding carboxylic acids is 2. The molecule has 7 nitrogen and oxygen atoms in total. The second-order valence-electron chi connectivity index (χ2n) is 8.19. The Bertz CT molecular complexity index is 947. The second kappa shape index (κ2) is 10.9. The van der Waals surface area contributed by atoms with Crippen molar-refractivity contribution in [2.75, 3.05) is 33.9 Å². The fourth-order valence-corrected chi connectivity index (χ4v) is 4.22. The van der Waals surface area contributed by atoms with Gasteiger partial charge in [-0.15, -0.1) is 0 Å². The Labute approximate surface area is 190 Å². The van der Waals surface area contributed by atoms with Crippen LogP contribution in [0.4, 0.5) is 4.79 Å². The Morgan fingerprint density at radius 1 is 1.03 bits per heavy atom. The van der Waals surface area contributed by atoms with Crippen LogP contribution in [0.3, 0.4) is 0 Å². The van der Waals surface area contributed by atoms with Gasteiger partial charge >= 0.3 is 6.03 Å². The molecule has 0 saturated carbocycles. The van der Waals surface area contributed by atoms with E-state index < -0.39 is 0 Å². The molecule has 1 aliphatic heterocycles. The number of benzene rings is 2. The van der Waals surface area contributed by atoms with E-state index in [4.69, 9.17) is 9.47 Å². The summed E-state index contributed by atoms with van der Waals surface area (Å²) in [7, 11) is 3.20. The summed E-state index contributed by atoms with van der Waals surface area (Å²) in [6.07, 6.45) is 0.658. The van der Waals surface area contributed by atoms with E-state index in [2.05, 4.69) is 16.7 Å². The quantitative estimate of drug-likeness (QED) is 0.692. The number of hydrogen-bond acceptors (Lipinski definition) is 4. The standard InChI is InChI=1S/C25H33N3O4/c1-5-26-25(30)28-15-20(19-9-10-22(31-3)23(13-19)32-4)12-21(16-28)24(29)27-14-18-8-6-7-17(2)11-18/h6-11,13,20-21H,5,12,14-16H2,1-4H3,(H,26,30)(H,27,29)/t20-,21-/m0/s1. The van der Waals surface area contributed by atoms with Crippen LogP contribution in [-0.4, -0.2) is 50.7 Å². The summed E-state index contributed by atoms with van der Waals surface area (Å²) in [5, 5.41) is 5.92. The van der Waals surface area contributed by atoms with E-state index in [1.54, 1.807) is 19.1 Å². The van der Waals surface area contributed by atoms with Gasteiger partial charge in [-0.3, -0.25) is 4.79 Å². The minimum absolute atomic E-state index is 0.0147. The average Bonchev–Trinajstić information content (AvgIpc) is 2.82. The summed E-state index contributed by atoms with van der Waals surface area (Å²) < 4.78 is 10.8. The first-order valence-corrected chi connectivity index (χ1v) is 11.0. The number of likely N-dealkylation sites (tertiary alicyclic amines) is 1. The van der Waals surface area contributed by atoms with E-state index in [1.165, 1.54) is 0 Å². The largest absolute Gasteiger partial charge is 0.493 e. The van der Waals surface area contributed by atoms with E-state index in [0.29, 0.717) is 44.1 Å². The van der Waals surface area contributed by atoms with E-state index >= 15 is 0 Å². The fraction of sp³-hybridized carbons (Fsp3) is 0.440. The van der Waals surface area contributed by atoms with Gasteiger partial charge in [0.1, 0.15) is 0 Å². The smallest absolute Gasteiger partial charge is 0.317 e. The van der Waals surface area contributed by atoms with Crippen LogP contribution in [0, 0.1) is 12.8 Å². The molecule has 0 unspecified atom stereocenters. The van der Waals surface area contributed by atoms with Crippen LogP contribution >= 0.6 is 0 Å². The SMILES string of the molecule is CCNC(=O)N1C[C@@H](C(=O)NCc2cccc(C)c2)C[C@H](c2ccc(OC)c(OC)c2)C1. The molecule has 0 spiro atoms. The maximum absolute atomic E-state index is 13.1. The predicted molar refractivity (Wildman–Crippen MR) is 124 cm³/mol. The van der Waals surface area contributed by atoms with Crippen molar-refractivity contribution >= 4 is 11.9 Å². The summed E-state index contributed by atoms with van der Waals surface area (Å²) in [5.41, 5.74) is 3.24. The Morgan fingerprint density at radius 2 is 1.81 bits per heavy atom. The molecule has 0 aliphatic carbocycles. The monoisotopic (exact) mass is 439 g/mol. The number of methoxy groups -OCH3 is 2. The predicted octanol–water partition coefficient (Wildman–Crippen LogP) is 3.46. The van der Waals surface area contributed by atoms with Crippen LogP contribution in [0.2, 0.25) is 0 Å². The van der Waals surface area contributed by atoms with Crippen LogP contribution in [0.5, 0.6) is 11.5 Å². The Kier molecular flexibility index (Phi) is 7.98. The highest BCUT2D eigenvalue weighted by Gasteiger charge is 2.34. The van der Waals surface area contributed by atoms with Gasteiger partial charge in [-0.1, -0.05) is 35.9 Å². The molecule has 2 aromatic rings. The molecule has 0 radical (unpaired) electrons. The summed E-state index contributed by atoms with van der Waals surface area (Å²) in [4.78, 5) is 27.4. The van der Waals surface area contributed by atoms with Gasteiger partial charge in [0.05, 0.1) is 20.1 Å². The van der Waals surface area contributed by atoms with Crippen molar-refractivity contribution in [1.82, 2.24) is 15.5 Å². The zero-order valence-electron chi connectivity index (χ0n) is 19.3. The maximum Gasteiger partial charge on any atom is 0.317 e. The molecule has 2 aromatic carbocycles. The highest BCUT2D eigenvalue weighted by molar-refractivity contribution is 5.81. The number of aryl methyl sites for hydroxylation is 1. The zero-order valence-corrected chi connectivity index (χ0v) is 19.3. The third-order valence-electron chi connectivity index (χ3n) is 5.86. The lowest BCUT2D eigenvalue weighted by Crippen LogP contribution is -2.51. The molecule has 3 rings (SSSR count). The van der Waals surface area contributed by atoms with E-state index in [-0.39, 0.29) is 23.8 Å². The number of urea groups is 1. The number of ether oxygens (including phenoxy) is 2. The zero-order chi connectivity index (χ0) is 23.1. The Balaban J connectivity index is 1.77. The lowest BCUT2D eigenvalue weighted by Gasteiger charge is -2.37. The number of rotatable bonds is 7. The third-order valence-corrected chi connectivity index (χ3v) is 5.86. The Morgan fingerprint density at radius 3 is 2.50 bits per heavy atom. The van der Waals surface area contributed by atoms with Gasteiger partial charge in [0.2, 0.25) is 5.91 Å². The van der Waals surface area contributed by atoms with Crippen molar-refractivity contribution in [1.29, 1.82) is 0 Å². The van der Waals surface area contributed by atoms with E-state index in [1.807, 2.05) is 50.2 Å². The number of carbonyl (C=O) groups is 2. The molecule has 172 valence electrons. The first-order chi connectivity index (χ1) is 15.4. The number of hydrogen-bond donors (Lipinski definition) is 2. The van der Waals surface area contributed by atoms with Crippen LogP contribution in [0.25, 0.3) is 0 Å². The normalized spacial score (nSPS) is 18.1. The molecule has 7 heteroatoms.